The lowest BCUT2D eigenvalue weighted by Crippen LogP contribution is -2.47. The second-order valence-corrected chi connectivity index (χ2v) is 7.23. The van der Waals surface area contributed by atoms with Crippen molar-refractivity contribution < 1.29 is 4.74 Å². The number of nitrogens with zero attached hydrogens (tertiary/aromatic N) is 4. The normalized spacial score (nSPS) is 15.3. The summed E-state index contributed by atoms with van der Waals surface area (Å²) < 4.78 is 5.81. The zero-order valence-corrected chi connectivity index (χ0v) is 16.2. The third-order valence-corrected chi connectivity index (χ3v) is 5.26. The van der Waals surface area contributed by atoms with Gasteiger partial charge in [0.1, 0.15) is 24.5 Å². The van der Waals surface area contributed by atoms with Crippen LogP contribution < -0.4 is 9.64 Å². The zero-order chi connectivity index (χ0) is 18.6. The van der Waals surface area contributed by atoms with Crippen molar-refractivity contribution >= 4 is 28.3 Å². The van der Waals surface area contributed by atoms with Crippen LogP contribution >= 0.6 is 11.6 Å². The van der Waals surface area contributed by atoms with E-state index in [0.29, 0.717) is 11.6 Å². The lowest BCUT2D eigenvalue weighted by Gasteiger charge is -2.35. The molecule has 3 aromatic rings. The Morgan fingerprint density at radius 3 is 2.67 bits per heavy atom. The average Bonchev–Trinajstić information content (AvgIpc) is 2.69. The second-order valence-electron chi connectivity index (χ2n) is 6.83. The third kappa shape index (κ3) is 4.15. The Morgan fingerprint density at radius 1 is 1.04 bits per heavy atom. The van der Waals surface area contributed by atoms with E-state index in [1.165, 1.54) is 5.56 Å². The number of ether oxygens (including phenoxy) is 1. The number of benzene rings is 2. The minimum atomic E-state index is 0.638. The van der Waals surface area contributed by atoms with E-state index in [2.05, 4.69) is 44.9 Å². The van der Waals surface area contributed by atoms with E-state index in [0.717, 1.165) is 55.2 Å². The van der Waals surface area contributed by atoms with Crippen LogP contribution in [0.5, 0.6) is 5.75 Å². The van der Waals surface area contributed by atoms with E-state index in [4.69, 9.17) is 16.3 Å². The van der Waals surface area contributed by atoms with Gasteiger partial charge in [0.25, 0.3) is 0 Å². The van der Waals surface area contributed by atoms with Gasteiger partial charge in [0.15, 0.2) is 0 Å². The van der Waals surface area contributed by atoms with Crippen molar-refractivity contribution in [3.8, 4) is 5.75 Å². The van der Waals surface area contributed by atoms with Gasteiger partial charge in [-0.2, -0.15) is 0 Å². The Hall–Kier alpha value is -2.37. The minimum absolute atomic E-state index is 0.638. The van der Waals surface area contributed by atoms with E-state index in [9.17, 15) is 0 Å². The molecular weight excluding hydrogens is 360 g/mol. The molecule has 1 aromatic heterocycles. The van der Waals surface area contributed by atoms with Gasteiger partial charge < -0.3 is 9.64 Å². The van der Waals surface area contributed by atoms with Gasteiger partial charge in [-0.1, -0.05) is 35.4 Å². The zero-order valence-electron chi connectivity index (χ0n) is 15.4. The average molecular weight is 383 g/mol. The fourth-order valence-electron chi connectivity index (χ4n) is 3.44. The molecule has 5 nitrogen and oxygen atoms in total. The molecule has 0 bridgehead atoms. The van der Waals surface area contributed by atoms with Gasteiger partial charge in [0.05, 0.1) is 10.5 Å². The summed E-state index contributed by atoms with van der Waals surface area (Å²) in [7, 11) is 0. The summed E-state index contributed by atoms with van der Waals surface area (Å²) in [5.74, 6) is 1.79. The molecule has 2 heterocycles. The lowest BCUT2D eigenvalue weighted by atomic mass is 10.1. The molecule has 2 aromatic carbocycles. The second kappa shape index (κ2) is 8.11. The number of piperazine rings is 1. The Balaban J connectivity index is 1.34. The Kier molecular flexibility index (Phi) is 5.41. The number of hydrogen-bond donors (Lipinski definition) is 0. The summed E-state index contributed by atoms with van der Waals surface area (Å²) in [6.07, 6.45) is 1.66. The number of fused-ring (bicyclic) bond motifs is 1. The Labute approximate surface area is 164 Å². The van der Waals surface area contributed by atoms with E-state index >= 15 is 0 Å². The van der Waals surface area contributed by atoms with Gasteiger partial charge >= 0.3 is 0 Å². The molecule has 1 aliphatic heterocycles. The minimum Gasteiger partial charge on any atom is -0.491 e. The van der Waals surface area contributed by atoms with Crippen LogP contribution in [0.3, 0.4) is 0 Å². The Morgan fingerprint density at radius 2 is 1.85 bits per heavy atom. The van der Waals surface area contributed by atoms with Crippen molar-refractivity contribution in [2.45, 2.75) is 6.92 Å². The van der Waals surface area contributed by atoms with Gasteiger partial charge in [-0.15, -0.1) is 0 Å². The number of para-hydroxylation sites is 1. The van der Waals surface area contributed by atoms with Crippen molar-refractivity contribution in [3.05, 3.63) is 59.4 Å². The SMILES string of the molecule is Cc1ccc2ncnc(N3CCN(CCOc4ccccc4Cl)CC3)c2c1. The van der Waals surface area contributed by atoms with Crippen molar-refractivity contribution in [2.75, 3.05) is 44.2 Å². The molecule has 0 aliphatic carbocycles. The van der Waals surface area contributed by atoms with E-state index in [1.54, 1.807) is 6.33 Å². The summed E-state index contributed by atoms with van der Waals surface area (Å²) in [6, 6.07) is 13.9. The van der Waals surface area contributed by atoms with Crippen LogP contribution in [0, 0.1) is 6.92 Å². The molecule has 0 amide bonds. The molecule has 27 heavy (non-hydrogen) atoms. The Bertz CT molecular complexity index is 925. The highest BCUT2D eigenvalue weighted by atomic mass is 35.5. The molecule has 0 radical (unpaired) electrons. The number of aryl methyl sites for hydroxylation is 1. The highest BCUT2D eigenvalue weighted by Crippen LogP contribution is 2.25. The van der Waals surface area contributed by atoms with E-state index < -0.39 is 0 Å². The summed E-state index contributed by atoms with van der Waals surface area (Å²) in [6.45, 7) is 7.51. The highest BCUT2D eigenvalue weighted by molar-refractivity contribution is 6.32. The van der Waals surface area contributed by atoms with Crippen molar-refractivity contribution in [2.24, 2.45) is 0 Å². The molecule has 6 heteroatoms. The van der Waals surface area contributed by atoms with Crippen LogP contribution in [0.15, 0.2) is 48.8 Å². The summed E-state index contributed by atoms with van der Waals surface area (Å²) in [4.78, 5) is 13.7. The number of aromatic nitrogens is 2. The number of hydrogen-bond acceptors (Lipinski definition) is 5. The first-order valence-corrected chi connectivity index (χ1v) is 9.64. The van der Waals surface area contributed by atoms with Gasteiger partial charge in [0.2, 0.25) is 0 Å². The summed E-state index contributed by atoms with van der Waals surface area (Å²) >= 11 is 6.13. The molecule has 0 spiro atoms. The fourth-order valence-corrected chi connectivity index (χ4v) is 3.63. The van der Waals surface area contributed by atoms with Crippen LogP contribution in [-0.4, -0.2) is 54.2 Å². The molecule has 0 atom stereocenters. The molecule has 0 saturated carbocycles. The molecule has 1 aliphatic rings. The molecule has 1 saturated heterocycles. The first kappa shape index (κ1) is 18.0. The van der Waals surface area contributed by atoms with Gasteiger partial charge in [-0.05, 0) is 31.2 Å². The lowest BCUT2D eigenvalue weighted by molar-refractivity contribution is 0.200. The number of anilines is 1. The highest BCUT2D eigenvalue weighted by Gasteiger charge is 2.20. The quantitative estimate of drug-likeness (QED) is 0.671. The molecule has 0 unspecified atom stereocenters. The van der Waals surface area contributed by atoms with E-state index in [1.807, 2.05) is 24.3 Å². The largest absolute Gasteiger partial charge is 0.491 e. The number of halogens is 1. The molecule has 0 N–H and O–H groups in total. The van der Waals surface area contributed by atoms with Crippen LogP contribution in [-0.2, 0) is 0 Å². The predicted octanol–water partition coefficient (Wildman–Crippen LogP) is 3.79. The van der Waals surface area contributed by atoms with Gasteiger partial charge in [-0.3, -0.25) is 4.90 Å². The smallest absolute Gasteiger partial charge is 0.139 e. The number of rotatable bonds is 5. The van der Waals surface area contributed by atoms with Gasteiger partial charge in [-0.25, -0.2) is 9.97 Å². The predicted molar refractivity (Wildman–Crippen MR) is 110 cm³/mol. The monoisotopic (exact) mass is 382 g/mol. The fraction of sp³-hybridized carbons (Fsp3) is 0.333. The van der Waals surface area contributed by atoms with E-state index in [-0.39, 0.29) is 0 Å². The van der Waals surface area contributed by atoms with Crippen molar-refractivity contribution in [1.82, 2.24) is 14.9 Å². The topological polar surface area (TPSA) is 41.5 Å². The first-order valence-electron chi connectivity index (χ1n) is 9.27. The van der Waals surface area contributed by atoms with Crippen molar-refractivity contribution in [1.29, 1.82) is 0 Å². The third-order valence-electron chi connectivity index (χ3n) is 4.94. The maximum Gasteiger partial charge on any atom is 0.139 e. The molecular formula is C21H23ClN4O. The maximum absolute atomic E-state index is 6.13. The van der Waals surface area contributed by atoms with Crippen LogP contribution in [0.25, 0.3) is 10.9 Å². The van der Waals surface area contributed by atoms with Crippen LogP contribution in [0.2, 0.25) is 5.02 Å². The summed E-state index contributed by atoms with van der Waals surface area (Å²) in [5, 5.41) is 1.79. The maximum atomic E-state index is 6.13. The summed E-state index contributed by atoms with van der Waals surface area (Å²) in [5.41, 5.74) is 2.23. The first-order chi connectivity index (χ1) is 13.2. The molecule has 1 fully saturated rings. The molecule has 140 valence electrons. The molecule has 4 rings (SSSR count). The standard InChI is InChI=1S/C21H23ClN4O/c1-16-6-7-19-17(14-16)21(24-15-23-19)26-10-8-25(9-11-26)12-13-27-20-5-3-2-4-18(20)22/h2-7,14-15H,8-13H2,1H3. The van der Waals surface area contributed by atoms with Crippen molar-refractivity contribution in [3.63, 3.8) is 0 Å². The van der Waals surface area contributed by atoms with Crippen LogP contribution in [0.4, 0.5) is 5.82 Å². The van der Waals surface area contributed by atoms with Gasteiger partial charge in [0, 0.05) is 38.1 Å². The van der Waals surface area contributed by atoms with Crippen LogP contribution in [0.1, 0.15) is 5.56 Å².